The number of piperazine rings is 1. The van der Waals surface area contributed by atoms with Crippen LogP contribution in [-0.2, 0) is 0 Å². The average Bonchev–Trinajstić information content (AvgIpc) is 3.29. The van der Waals surface area contributed by atoms with Gasteiger partial charge in [0.1, 0.15) is 0 Å². The molecule has 1 unspecified atom stereocenters. The van der Waals surface area contributed by atoms with E-state index in [9.17, 15) is 8.78 Å². The van der Waals surface area contributed by atoms with Gasteiger partial charge in [0.05, 0.1) is 0 Å². The Morgan fingerprint density at radius 3 is 2.38 bits per heavy atom. The largest absolute Gasteiger partial charge is 0.329 e. The maximum Gasteiger partial charge on any atom is 0.159 e. The van der Waals surface area contributed by atoms with Crippen LogP contribution in [0.3, 0.4) is 0 Å². The number of hydrogen-bond donors (Lipinski definition) is 1. The van der Waals surface area contributed by atoms with Crippen molar-refractivity contribution in [3.8, 4) is 0 Å². The molecule has 0 amide bonds. The summed E-state index contributed by atoms with van der Waals surface area (Å²) in [5.41, 5.74) is 6.65. The maximum atomic E-state index is 13.4. The summed E-state index contributed by atoms with van der Waals surface area (Å²) in [5.74, 6) is -0.685. The Labute approximate surface area is 124 Å². The summed E-state index contributed by atoms with van der Waals surface area (Å²) >= 11 is 0. The second-order valence-corrected chi connectivity index (χ2v) is 6.20. The van der Waals surface area contributed by atoms with Crippen molar-refractivity contribution in [3.63, 3.8) is 0 Å². The molecule has 3 nitrogen and oxygen atoms in total. The Hall–Kier alpha value is -1.04. The predicted molar refractivity (Wildman–Crippen MR) is 78.9 cm³/mol. The third-order valence-corrected chi connectivity index (χ3v) is 4.61. The highest BCUT2D eigenvalue weighted by Gasteiger charge is 2.28. The number of nitrogens with two attached hydrogens (primary N) is 1. The second-order valence-electron chi connectivity index (χ2n) is 6.20. The molecule has 0 radical (unpaired) electrons. The number of hydrogen-bond acceptors (Lipinski definition) is 3. The van der Waals surface area contributed by atoms with E-state index >= 15 is 0 Å². The maximum absolute atomic E-state index is 13.4. The fraction of sp³-hybridized carbons (Fsp3) is 0.625. The third-order valence-electron chi connectivity index (χ3n) is 4.61. The lowest BCUT2D eigenvalue weighted by Crippen LogP contribution is -2.49. The molecule has 2 fully saturated rings. The number of nitrogens with zero attached hydrogens (tertiary/aromatic N) is 2. The fourth-order valence-electron chi connectivity index (χ4n) is 3.14. The smallest absolute Gasteiger partial charge is 0.159 e. The van der Waals surface area contributed by atoms with Crippen molar-refractivity contribution in [1.82, 2.24) is 9.80 Å². The first-order valence-electron chi connectivity index (χ1n) is 7.79. The van der Waals surface area contributed by atoms with Crippen LogP contribution in [0.5, 0.6) is 0 Å². The van der Waals surface area contributed by atoms with Crippen molar-refractivity contribution in [2.75, 3.05) is 39.3 Å². The van der Waals surface area contributed by atoms with E-state index in [1.807, 2.05) is 0 Å². The molecule has 2 aliphatic rings. The van der Waals surface area contributed by atoms with Gasteiger partial charge in [-0.15, -0.1) is 0 Å². The average molecular weight is 295 g/mol. The van der Waals surface area contributed by atoms with Crippen molar-refractivity contribution in [2.45, 2.75) is 18.9 Å². The summed E-state index contributed by atoms with van der Waals surface area (Å²) in [7, 11) is 0. The minimum absolute atomic E-state index is 0.0248. The van der Waals surface area contributed by atoms with Crippen LogP contribution in [0.4, 0.5) is 8.78 Å². The lowest BCUT2D eigenvalue weighted by atomic mass is 10.0. The summed E-state index contributed by atoms with van der Waals surface area (Å²) < 4.78 is 26.5. The van der Waals surface area contributed by atoms with Crippen LogP contribution in [0.15, 0.2) is 18.2 Å². The summed E-state index contributed by atoms with van der Waals surface area (Å²) in [5, 5.41) is 0. The molecule has 0 aromatic heterocycles. The monoisotopic (exact) mass is 295 g/mol. The van der Waals surface area contributed by atoms with Crippen molar-refractivity contribution >= 4 is 0 Å². The van der Waals surface area contributed by atoms with Gasteiger partial charge in [0, 0.05) is 45.3 Å². The lowest BCUT2D eigenvalue weighted by Gasteiger charge is -2.39. The fourth-order valence-corrected chi connectivity index (χ4v) is 3.14. The summed E-state index contributed by atoms with van der Waals surface area (Å²) in [6.45, 7) is 5.59. The van der Waals surface area contributed by atoms with E-state index < -0.39 is 11.6 Å². The van der Waals surface area contributed by atoms with E-state index in [0.29, 0.717) is 6.54 Å². The van der Waals surface area contributed by atoms with E-state index in [1.165, 1.54) is 31.5 Å². The molecule has 1 heterocycles. The van der Waals surface area contributed by atoms with Crippen LogP contribution in [-0.4, -0.2) is 49.1 Å². The van der Waals surface area contributed by atoms with Crippen LogP contribution in [0.25, 0.3) is 0 Å². The Morgan fingerprint density at radius 1 is 1.10 bits per heavy atom. The van der Waals surface area contributed by atoms with E-state index in [-0.39, 0.29) is 6.04 Å². The second kappa shape index (κ2) is 6.38. The highest BCUT2D eigenvalue weighted by molar-refractivity contribution is 5.22. The summed E-state index contributed by atoms with van der Waals surface area (Å²) in [6, 6.07) is 4.09. The van der Waals surface area contributed by atoms with Crippen molar-refractivity contribution in [1.29, 1.82) is 0 Å². The van der Waals surface area contributed by atoms with Gasteiger partial charge in [0.15, 0.2) is 11.6 Å². The molecule has 1 atom stereocenters. The zero-order valence-corrected chi connectivity index (χ0v) is 12.3. The first-order valence-corrected chi connectivity index (χ1v) is 7.79. The molecule has 5 heteroatoms. The quantitative estimate of drug-likeness (QED) is 0.902. The molecule has 1 aromatic rings. The molecule has 1 saturated carbocycles. The normalized spacial score (nSPS) is 22.4. The zero-order valence-electron chi connectivity index (χ0n) is 12.3. The van der Waals surface area contributed by atoms with Gasteiger partial charge in [0.25, 0.3) is 0 Å². The standard InChI is InChI=1S/C16H23F2N3/c17-14-4-3-13(9-15(14)18)16(10-19)21-7-5-20(6-8-21)11-12-1-2-12/h3-4,9,12,16H,1-2,5-8,10-11,19H2. The molecule has 1 aliphatic heterocycles. The Morgan fingerprint density at radius 2 is 1.81 bits per heavy atom. The number of benzene rings is 1. The van der Waals surface area contributed by atoms with Crippen molar-refractivity contribution in [3.05, 3.63) is 35.4 Å². The SMILES string of the molecule is NCC(c1ccc(F)c(F)c1)N1CCN(CC2CC2)CC1. The van der Waals surface area contributed by atoms with Crippen LogP contribution >= 0.6 is 0 Å². The van der Waals surface area contributed by atoms with Crippen molar-refractivity contribution < 1.29 is 8.78 Å². The molecule has 0 spiro atoms. The minimum Gasteiger partial charge on any atom is -0.329 e. The van der Waals surface area contributed by atoms with Gasteiger partial charge in [-0.2, -0.15) is 0 Å². The summed E-state index contributed by atoms with van der Waals surface area (Å²) in [4.78, 5) is 4.79. The van der Waals surface area contributed by atoms with Crippen LogP contribution in [0, 0.1) is 17.6 Å². The zero-order chi connectivity index (χ0) is 14.8. The van der Waals surface area contributed by atoms with E-state index in [0.717, 1.165) is 37.7 Å². The predicted octanol–water partition coefficient (Wildman–Crippen LogP) is 1.99. The van der Waals surface area contributed by atoms with Crippen LogP contribution in [0.2, 0.25) is 0 Å². The first kappa shape index (κ1) is 14.9. The molecule has 2 N–H and O–H groups in total. The Bertz CT molecular complexity index is 482. The molecule has 1 saturated heterocycles. The highest BCUT2D eigenvalue weighted by atomic mass is 19.2. The number of halogens is 2. The lowest BCUT2D eigenvalue weighted by molar-refractivity contribution is 0.0954. The topological polar surface area (TPSA) is 32.5 Å². The molecule has 3 rings (SSSR count). The molecular weight excluding hydrogens is 272 g/mol. The van der Waals surface area contributed by atoms with Crippen LogP contribution < -0.4 is 5.73 Å². The number of rotatable bonds is 5. The molecule has 21 heavy (non-hydrogen) atoms. The Balaban J connectivity index is 1.62. The minimum atomic E-state index is -0.802. The van der Waals surface area contributed by atoms with Gasteiger partial charge >= 0.3 is 0 Å². The van der Waals surface area contributed by atoms with Crippen molar-refractivity contribution in [2.24, 2.45) is 11.7 Å². The molecule has 1 aromatic carbocycles. The van der Waals surface area contributed by atoms with E-state index in [1.54, 1.807) is 6.07 Å². The summed E-state index contributed by atoms with van der Waals surface area (Å²) in [6.07, 6.45) is 2.75. The van der Waals surface area contributed by atoms with Crippen LogP contribution in [0.1, 0.15) is 24.4 Å². The highest BCUT2D eigenvalue weighted by Crippen LogP contribution is 2.30. The van der Waals surface area contributed by atoms with E-state index in [4.69, 9.17) is 5.73 Å². The van der Waals surface area contributed by atoms with Gasteiger partial charge in [-0.1, -0.05) is 6.07 Å². The van der Waals surface area contributed by atoms with Gasteiger partial charge in [-0.25, -0.2) is 8.78 Å². The molecule has 1 aliphatic carbocycles. The van der Waals surface area contributed by atoms with Gasteiger partial charge in [-0.3, -0.25) is 4.90 Å². The Kier molecular flexibility index (Phi) is 4.52. The molecule has 116 valence electrons. The first-order chi connectivity index (χ1) is 10.2. The van der Waals surface area contributed by atoms with Gasteiger partial charge < -0.3 is 10.6 Å². The van der Waals surface area contributed by atoms with E-state index in [2.05, 4.69) is 9.80 Å². The molecule has 0 bridgehead atoms. The van der Waals surface area contributed by atoms with Gasteiger partial charge in [-0.05, 0) is 36.5 Å². The van der Waals surface area contributed by atoms with Gasteiger partial charge in [0.2, 0.25) is 0 Å². The third kappa shape index (κ3) is 3.59. The molecular formula is C16H23F2N3.